The first-order chi connectivity index (χ1) is 12.6. The van der Waals surface area contributed by atoms with Gasteiger partial charge in [-0.3, -0.25) is 4.79 Å². The van der Waals surface area contributed by atoms with E-state index < -0.39 is 0 Å². The molecule has 0 aliphatic carbocycles. The molecule has 0 spiro atoms. The molecule has 1 N–H and O–H groups in total. The number of carbonyl (C=O) groups is 1. The average Bonchev–Trinajstić information content (AvgIpc) is 2.97. The lowest BCUT2D eigenvalue weighted by atomic mass is 10.2. The van der Waals surface area contributed by atoms with Gasteiger partial charge in [0, 0.05) is 17.1 Å². The van der Waals surface area contributed by atoms with Crippen molar-refractivity contribution in [1.82, 2.24) is 9.99 Å². The van der Waals surface area contributed by atoms with Crippen molar-refractivity contribution >= 4 is 12.1 Å². The number of hydrazone groups is 1. The summed E-state index contributed by atoms with van der Waals surface area (Å²) in [7, 11) is 1.62. The third-order valence-electron chi connectivity index (χ3n) is 4.19. The van der Waals surface area contributed by atoms with Crippen molar-refractivity contribution in [3.8, 4) is 11.4 Å². The average molecular weight is 347 g/mol. The fourth-order valence-corrected chi connectivity index (χ4v) is 2.88. The van der Waals surface area contributed by atoms with Crippen LogP contribution in [-0.2, 0) is 0 Å². The van der Waals surface area contributed by atoms with Gasteiger partial charge in [0.1, 0.15) is 5.75 Å². The number of methoxy groups -OCH3 is 1. The molecule has 1 amide bonds. The minimum atomic E-state index is -0.231. The molecule has 0 fully saturated rings. The van der Waals surface area contributed by atoms with Crippen molar-refractivity contribution in [2.45, 2.75) is 13.8 Å². The SMILES string of the molecule is COc1ccc(/C=N/NC(=O)c2cc(C)n(-c3ccccc3)c2C)cc1. The first-order valence-electron chi connectivity index (χ1n) is 8.32. The molecule has 1 aromatic heterocycles. The van der Waals surface area contributed by atoms with Crippen LogP contribution >= 0.6 is 0 Å². The molecule has 0 saturated heterocycles. The van der Waals surface area contributed by atoms with Gasteiger partial charge in [0.25, 0.3) is 5.91 Å². The summed E-state index contributed by atoms with van der Waals surface area (Å²) in [6.07, 6.45) is 1.60. The Balaban J connectivity index is 1.75. The summed E-state index contributed by atoms with van der Waals surface area (Å²) in [5, 5.41) is 4.05. The highest BCUT2D eigenvalue weighted by atomic mass is 16.5. The van der Waals surface area contributed by atoms with Crippen molar-refractivity contribution in [1.29, 1.82) is 0 Å². The van der Waals surface area contributed by atoms with E-state index >= 15 is 0 Å². The summed E-state index contributed by atoms with van der Waals surface area (Å²) >= 11 is 0. The zero-order chi connectivity index (χ0) is 18.5. The third kappa shape index (κ3) is 3.67. The largest absolute Gasteiger partial charge is 0.497 e. The van der Waals surface area contributed by atoms with Gasteiger partial charge in [0.15, 0.2) is 0 Å². The number of hydrogen-bond donors (Lipinski definition) is 1. The van der Waals surface area contributed by atoms with Crippen LogP contribution in [0.2, 0.25) is 0 Å². The Hall–Kier alpha value is -3.34. The van der Waals surface area contributed by atoms with Gasteiger partial charge < -0.3 is 9.30 Å². The third-order valence-corrected chi connectivity index (χ3v) is 4.19. The number of rotatable bonds is 5. The number of ether oxygens (including phenoxy) is 1. The molecule has 0 aliphatic rings. The smallest absolute Gasteiger partial charge is 0.273 e. The van der Waals surface area contributed by atoms with Gasteiger partial charge in [-0.05, 0) is 61.9 Å². The Bertz CT molecular complexity index is 926. The second-order valence-electron chi connectivity index (χ2n) is 5.93. The molecule has 0 atom stereocenters. The molecule has 5 nitrogen and oxygen atoms in total. The first kappa shape index (κ1) is 17.5. The molecule has 2 aromatic carbocycles. The lowest BCUT2D eigenvalue weighted by molar-refractivity contribution is 0.0954. The van der Waals surface area contributed by atoms with Gasteiger partial charge in [0.05, 0.1) is 18.9 Å². The fourth-order valence-electron chi connectivity index (χ4n) is 2.88. The van der Waals surface area contributed by atoms with E-state index in [0.717, 1.165) is 28.4 Å². The Morgan fingerprint density at radius 1 is 1.08 bits per heavy atom. The number of benzene rings is 2. The van der Waals surface area contributed by atoms with Crippen molar-refractivity contribution in [2.24, 2.45) is 5.10 Å². The second-order valence-corrected chi connectivity index (χ2v) is 5.93. The van der Waals surface area contributed by atoms with Crippen LogP contribution in [0.25, 0.3) is 5.69 Å². The van der Waals surface area contributed by atoms with Gasteiger partial charge in [-0.2, -0.15) is 5.10 Å². The van der Waals surface area contributed by atoms with E-state index in [1.807, 2.05) is 74.5 Å². The number of aromatic nitrogens is 1. The molecule has 0 saturated carbocycles. The molecule has 3 rings (SSSR count). The minimum Gasteiger partial charge on any atom is -0.497 e. The number of nitrogens with one attached hydrogen (secondary N) is 1. The highest BCUT2D eigenvalue weighted by Crippen LogP contribution is 2.20. The van der Waals surface area contributed by atoms with Gasteiger partial charge in [0.2, 0.25) is 0 Å². The van der Waals surface area contributed by atoms with Crippen molar-refractivity contribution in [3.05, 3.63) is 83.2 Å². The maximum absolute atomic E-state index is 12.5. The summed E-state index contributed by atoms with van der Waals surface area (Å²) < 4.78 is 7.17. The molecular formula is C21H21N3O2. The van der Waals surface area contributed by atoms with Gasteiger partial charge in [-0.1, -0.05) is 18.2 Å². The van der Waals surface area contributed by atoms with E-state index in [9.17, 15) is 4.79 Å². The van der Waals surface area contributed by atoms with Crippen molar-refractivity contribution in [2.75, 3.05) is 7.11 Å². The monoisotopic (exact) mass is 347 g/mol. The molecule has 0 radical (unpaired) electrons. The van der Waals surface area contributed by atoms with Gasteiger partial charge in [-0.25, -0.2) is 5.43 Å². The summed E-state index contributed by atoms with van der Waals surface area (Å²) in [4.78, 5) is 12.5. The number of carbonyl (C=O) groups excluding carboxylic acids is 1. The minimum absolute atomic E-state index is 0.231. The Morgan fingerprint density at radius 3 is 2.42 bits per heavy atom. The number of amides is 1. The predicted molar refractivity (Wildman–Crippen MR) is 103 cm³/mol. The Labute approximate surface area is 152 Å². The number of aryl methyl sites for hydroxylation is 1. The number of para-hydroxylation sites is 1. The van der Waals surface area contributed by atoms with Crippen LogP contribution in [-0.4, -0.2) is 23.8 Å². The van der Waals surface area contributed by atoms with Crippen LogP contribution in [0.4, 0.5) is 0 Å². The van der Waals surface area contributed by atoms with Crippen molar-refractivity contribution < 1.29 is 9.53 Å². The van der Waals surface area contributed by atoms with Gasteiger partial charge in [-0.15, -0.1) is 0 Å². The fraction of sp³-hybridized carbons (Fsp3) is 0.143. The van der Waals surface area contributed by atoms with Crippen LogP contribution in [0.3, 0.4) is 0 Å². The van der Waals surface area contributed by atoms with Crippen LogP contribution in [0.5, 0.6) is 5.75 Å². The molecule has 3 aromatic rings. The summed E-state index contributed by atoms with van der Waals surface area (Å²) in [6.45, 7) is 3.92. The summed E-state index contributed by atoms with van der Waals surface area (Å²) in [5.74, 6) is 0.546. The standard InChI is InChI=1S/C21H21N3O2/c1-15-13-20(16(2)24(15)18-7-5-4-6-8-18)21(25)23-22-14-17-9-11-19(26-3)12-10-17/h4-14H,1-3H3,(H,23,25)/b22-14+. The lowest BCUT2D eigenvalue weighted by Gasteiger charge is -2.09. The lowest BCUT2D eigenvalue weighted by Crippen LogP contribution is -2.18. The highest BCUT2D eigenvalue weighted by Gasteiger charge is 2.16. The maximum atomic E-state index is 12.5. The van der Waals surface area contributed by atoms with Gasteiger partial charge >= 0.3 is 0 Å². The first-order valence-corrected chi connectivity index (χ1v) is 8.32. The normalized spacial score (nSPS) is 10.9. The summed E-state index contributed by atoms with van der Waals surface area (Å²) in [5.41, 5.74) is 6.99. The molecule has 0 unspecified atom stereocenters. The van der Waals surface area contributed by atoms with E-state index in [0.29, 0.717) is 5.56 Å². The second kappa shape index (κ2) is 7.70. The van der Waals surface area contributed by atoms with E-state index in [1.54, 1.807) is 13.3 Å². The zero-order valence-corrected chi connectivity index (χ0v) is 15.1. The van der Waals surface area contributed by atoms with Crippen LogP contribution < -0.4 is 10.2 Å². The molecule has 0 aliphatic heterocycles. The van der Waals surface area contributed by atoms with Crippen LogP contribution in [0.1, 0.15) is 27.3 Å². The Kier molecular flexibility index (Phi) is 5.17. The van der Waals surface area contributed by atoms with Crippen LogP contribution in [0.15, 0.2) is 65.8 Å². The van der Waals surface area contributed by atoms with E-state index in [1.165, 1.54) is 0 Å². The molecule has 0 bridgehead atoms. The van der Waals surface area contributed by atoms with E-state index in [4.69, 9.17) is 4.74 Å². The zero-order valence-electron chi connectivity index (χ0n) is 15.1. The molecular weight excluding hydrogens is 326 g/mol. The number of hydrogen-bond acceptors (Lipinski definition) is 3. The Morgan fingerprint density at radius 2 is 1.77 bits per heavy atom. The van der Waals surface area contributed by atoms with Crippen LogP contribution in [0, 0.1) is 13.8 Å². The highest BCUT2D eigenvalue weighted by molar-refractivity contribution is 5.96. The van der Waals surface area contributed by atoms with E-state index in [-0.39, 0.29) is 5.91 Å². The molecule has 5 heteroatoms. The number of nitrogens with zero attached hydrogens (tertiary/aromatic N) is 2. The topological polar surface area (TPSA) is 55.6 Å². The quantitative estimate of drug-likeness (QED) is 0.563. The maximum Gasteiger partial charge on any atom is 0.273 e. The predicted octanol–water partition coefficient (Wildman–Crippen LogP) is 3.87. The molecule has 132 valence electrons. The van der Waals surface area contributed by atoms with E-state index in [2.05, 4.69) is 15.1 Å². The van der Waals surface area contributed by atoms with Crippen molar-refractivity contribution in [3.63, 3.8) is 0 Å². The molecule has 26 heavy (non-hydrogen) atoms. The molecule has 1 heterocycles. The summed E-state index contributed by atoms with van der Waals surface area (Å²) in [6, 6.07) is 19.3.